The maximum Gasteiger partial charge on any atom is 0.174 e. The number of hydrogen-bond acceptors (Lipinski definition) is 4. The van der Waals surface area contributed by atoms with E-state index in [1.54, 1.807) is 18.3 Å². The summed E-state index contributed by atoms with van der Waals surface area (Å²) in [6.07, 6.45) is 3.82. The van der Waals surface area contributed by atoms with Crippen molar-refractivity contribution in [2.75, 3.05) is 11.5 Å². The van der Waals surface area contributed by atoms with Gasteiger partial charge in [-0.25, -0.2) is 0 Å². The average Bonchev–Trinajstić information content (AvgIpc) is 3.45. The van der Waals surface area contributed by atoms with Gasteiger partial charge in [0.05, 0.1) is 24.0 Å². The molecule has 1 fully saturated rings. The minimum Gasteiger partial charge on any atom is -0.506 e. The Balaban J connectivity index is 1.63. The van der Waals surface area contributed by atoms with Crippen LogP contribution in [0.15, 0.2) is 91.3 Å². The Kier molecular flexibility index (Phi) is 5.71. The molecule has 4 aromatic rings. The molecule has 0 bridgehead atoms. The number of ether oxygens (including phenoxy) is 1. The Morgan fingerprint density at radius 1 is 1.00 bits per heavy atom. The van der Waals surface area contributed by atoms with Crippen LogP contribution >= 0.6 is 12.2 Å². The van der Waals surface area contributed by atoms with E-state index in [1.165, 1.54) is 0 Å². The van der Waals surface area contributed by atoms with Gasteiger partial charge in [0.2, 0.25) is 0 Å². The second kappa shape index (κ2) is 8.96. The molecule has 1 saturated heterocycles. The predicted molar refractivity (Wildman–Crippen MR) is 133 cm³/mol. The van der Waals surface area contributed by atoms with Crippen LogP contribution in [0.1, 0.15) is 30.4 Å². The van der Waals surface area contributed by atoms with Crippen molar-refractivity contribution < 1.29 is 9.84 Å². The van der Waals surface area contributed by atoms with Crippen LogP contribution in [0.2, 0.25) is 0 Å². The molecule has 33 heavy (non-hydrogen) atoms. The minimum atomic E-state index is -0.234. The molecule has 0 amide bonds. The maximum absolute atomic E-state index is 10.7. The summed E-state index contributed by atoms with van der Waals surface area (Å²) in [7, 11) is 0. The summed E-state index contributed by atoms with van der Waals surface area (Å²) in [5, 5.41) is 14.6. The van der Waals surface area contributed by atoms with E-state index in [1.807, 2.05) is 78.7 Å². The lowest BCUT2D eigenvalue weighted by molar-refractivity contribution is 0.340. The smallest absolute Gasteiger partial charge is 0.174 e. The van der Waals surface area contributed by atoms with Crippen molar-refractivity contribution in [1.82, 2.24) is 14.9 Å². The highest BCUT2D eigenvalue weighted by Crippen LogP contribution is 2.44. The number of nitrogens with zero attached hydrogens (tertiary/aromatic N) is 3. The lowest BCUT2D eigenvalue weighted by Crippen LogP contribution is -2.30. The fraction of sp³-hybridized carbons (Fsp3) is 0.154. The SMILES string of the molecule is CCOc1ccc(-n2cccc2C2C(c3ccccn3)NC(=S)N2c2ccccc2O)cc1. The summed E-state index contributed by atoms with van der Waals surface area (Å²) in [6.45, 7) is 2.60. The predicted octanol–water partition coefficient (Wildman–Crippen LogP) is 5.15. The van der Waals surface area contributed by atoms with Crippen molar-refractivity contribution in [1.29, 1.82) is 0 Å². The summed E-state index contributed by atoms with van der Waals surface area (Å²) < 4.78 is 7.74. The Labute approximate surface area is 198 Å². The molecule has 0 aliphatic carbocycles. The number of thiocarbonyl (C=S) groups is 1. The van der Waals surface area contributed by atoms with Crippen LogP contribution in [0.25, 0.3) is 5.69 Å². The number of pyridine rings is 1. The number of anilines is 1. The van der Waals surface area contributed by atoms with Gasteiger partial charge in [0.1, 0.15) is 17.5 Å². The fourth-order valence-corrected chi connectivity index (χ4v) is 4.66. The molecule has 0 radical (unpaired) electrons. The summed E-state index contributed by atoms with van der Waals surface area (Å²) in [6, 6.07) is 24.8. The Bertz CT molecular complexity index is 1260. The third-order valence-electron chi connectivity index (χ3n) is 5.75. The first kappa shape index (κ1) is 21.0. The largest absolute Gasteiger partial charge is 0.506 e. The van der Waals surface area contributed by atoms with E-state index in [4.69, 9.17) is 17.0 Å². The Morgan fingerprint density at radius 2 is 1.79 bits per heavy atom. The molecule has 2 N–H and O–H groups in total. The van der Waals surface area contributed by atoms with Crippen molar-refractivity contribution in [3.63, 3.8) is 0 Å². The molecule has 1 aliphatic rings. The normalized spacial score (nSPS) is 17.7. The van der Waals surface area contributed by atoms with Gasteiger partial charge in [0, 0.05) is 23.8 Å². The second-order valence-electron chi connectivity index (χ2n) is 7.72. The quantitative estimate of drug-likeness (QED) is 0.391. The molecule has 0 saturated carbocycles. The van der Waals surface area contributed by atoms with Gasteiger partial charge < -0.3 is 24.6 Å². The molecule has 2 aromatic heterocycles. The maximum atomic E-state index is 10.7. The van der Waals surface area contributed by atoms with E-state index in [9.17, 15) is 5.11 Å². The third-order valence-corrected chi connectivity index (χ3v) is 6.06. The Hall–Kier alpha value is -3.84. The van der Waals surface area contributed by atoms with E-state index in [2.05, 4.69) is 20.9 Å². The first-order valence-electron chi connectivity index (χ1n) is 10.9. The first-order chi connectivity index (χ1) is 16.2. The fourth-order valence-electron chi connectivity index (χ4n) is 4.32. The third kappa shape index (κ3) is 3.91. The first-order valence-corrected chi connectivity index (χ1v) is 11.3. The van der Waals surface area contributed by atoms with Crippen molar-refractivity contribution in [2.24, 2.45) is 0 Å². The Morgan fingerprint density at radius 3 is 2.52 bits per heavy atom. The van der Waals surface area contributed by atoms with E-state index >= 15 is 0 Å². The molecule has 7 heteroatoms. The van der Waals surface area contributed by atoms with Gasteiger partial charge in [0.25, 0.3) is 0 Å². The highest BCUT2D eigenvalue weighted by atomic mass is 32.1. The second-order valence-corrected chi connectivity index (χ2v) is 8.10. The van der Waals surface area contributed by atoms with Crippen LogP contribution in [-0.2, 0) is 0 Å². The van der Waals surface area contributed by atoms with E-state index < -0.39 is 0 Å². The number of nitrogens with one attached hydrogen (secondary N) is 1. The van der Waals surface area contributed by atoms with E-state index in [-0.39, 0.29) is 17.8 Å². The molecule has 5 rings (SSSR count). The van der Waals surface area contributed by atoms with Crippen LogP contribution in [0, 0.1) is 0 Å². The van der Waals surface area contributed by atoms with Gasteiger partial charge in [0.15, 0.2) is 5.11 Å². The summed E-state index contributed by atoms with van der Waals surface area (Å²) >= 11 is 5.77. The molecule has 1 aliphatic heterocycles. The lowest BCUT2D eigenvalue weighted by Gasteiger charge is -2.29. The van der Waals surface area contributed by atoms with Crippen molar-refractivity contribution in [3.8, 4) is 17.2 Å². The van der Waals surface area contributed by atoms with Crippen LogP contribution < -0.4 is 15.0 Å². The zero-order valence-electron chi connectivity index (χ0n) is 18.1. The van der Waals surface area contributed by atoms with Gasteiger partial charge in [-0.3, -0.25) is 4.98 Å². The molecule has 2 atom stereocenters. The van der Waals surface area contributed by atoms with Gasteiger partial charge >= 0.3 is 0 Å². The van der Waals surface area contributed by atoms with Crippen molar-refractivity contribution in [3.05, 3.63) is 103 Å². The lowest BCUT2D eigenvalue weighted by atomic mass is 10.0. The van der Waals surface area contributed by atoms with E-state index in [0.717, 1.165) is 22.8 Å². The molecular formula is C26H24N4O2S. The highest BCUT2D eigenvalue weighted by Gasteiger charge is 2.42. The van der Waals surface area contributed by atoms with Gasteiger partial charge in [-0.1, -0.05) is 18.2 Å². The topological polar surface area (TPSA) is 62.5 Å². The van der Waals surface area contributed by atoms with Crippen LogP contribution in [-0.4, -0.2) is 26.4 Å². The van der Waals surface area contributed by atoms with Gasteiger partial charge in [-0.05, 0) is 79.8 Å². The minimum absolute atomic E-state index is 0.174. The molecule has 2 unspecified atom stereocenters. The van der Waals surface area contributed by atoms with Gasteiger partial charge in [-0.2, -0.15) is 0 Å². The van der Waals surface area contributed by atoms with Crippen LogP contribution in [0.4, 0.5) is 5.69 Å². The van der Waals surface area contributed by atoms with Crippen molar-refractivity contribution in [2.45, 2.75) is 19.0 Å². The van der Waals surface area contributed by atoms with E-state index in [0.29, 0.717) is 17.4 Å². The van der Waals surface area contributed by atoms with Crippen LogP contribution in [0.3, 0.4) is 0 Å². The molecule has 6 nitrogen and oxygen atoms in total. The number of aromatic nitrogens is 2. The number of phenols is 1. The molecule has 166 valence electrons. The molecule has 2 aromatic carbocycles. The number of para-hydroxylation sites is 2. The monoisotopic (exact) mass is 456 g/mol. The number of phenolic OH excluding ortho intramolecular Hbond substituents is 1. The van der Waals surface area contributed by atoms with Gasteiger partial charge in [-0.15, -0.1) is 0 Å². The number of benzene rings is 2. The zero-order valence-corrected chi connectivity index (χ0v) is 18.9. The van der Waals surface area contributed by atoms with Crippen LogP contribution in [0.5, 0.6) is 11.5 Å². The van der Waals surface area contributed by atoms with Crippen molar-refractivity contribution >= 4 is 23.0 Å². The molecule has 3 heterocycles. The summed E-state index contributed by atoms with van der Waals surface area (Å²) in [4.78, 5) is 6.58. The number of aromatic hydroxyl groups is 1. The zero-order chi connectivity index (χ0) is 22.8. The molecular weight excluding hydrogens is 432 g/mol. The molecule has 0 spiro atoms. The summed E-state index contributed by atoms with van der Waals surface area (Å²) in [5.74, 6) is 1.01. The number of rotatable bonds is 6. The standard InChI is InChI=1S/C26H24N4O2S/c1-2-32-19-14-12-18(13-15-19)29-17-7-10-22(29)25-24(20-8-5-6-16-27-20)28-26(33)30(25)21-9-3-4-11-23(21)31/h3-17,24-25,31H,2H2,1H3,(H,28,33). The highest BCUT2D eigenvalue weighted by molar-refractivity contribution is 7.80. The number of hydrogen-bond donors (Lipinski definition) is 2. The average molecular weight is 457 g/mol. The summed E-state index contributed by atoms with van der Waals surface area (Å²) in [5.41, 5.74) is 3.55.